The van der Waals surface area contributed by atoms with Crippen molar-refractivity contribution < 1.29 is 13.2 Å². The van der Waals surface area contributed by atoms with E-state index in [2.05, 4.69) is 5.32 Å². The highest BCUT2D eigenvalue weighted by molar-refractivity contribution is 7.89. The average molecular weight is 250 g/mol. The Bertz CT molecular complexity index is 305. The lowest BCUT2D eigenvalue weighted by atomic mass is 10.1. The van der Waals surface area contributed by atoms with Crippen LogP contribution >= 0.6 is 0 Å². The maximum atomic E-state index is 12.2. The molecule has 1 N–H and O–H groups in total. The number of nitrogens with one attached hydrogen (secondary N) is 1. The third kappa shape index (κ3) is 3.16. The molecule has 1 fully saturated rings. The van der Waals surface area contributed by atoms with Gasteiger partial charge in [-0.05, 0) is 26.8 Å². The normalized spacial score (nSPS) is 25.6. The van der Waals surface area contributed by atoms with Gasteiger partial charge in [-0.2, -0.15) is 4.31 Å². The van der Waals surface area contributed by atoms with E-state index in [4.69, 9.17) is 4.74 Å². The maximum Gasteiger partial charge on any atom is 0.218 e. The number of methoxy groups -OCH3 is 1. The molecule has 1 heterocycles. The molecule has 0 radical (unpaired) electrons. The summed E-state index contributed by atoms with van der Waals surface area (Å²) in [5.74, 6) is 0. The zero-order chi connectivity index (χ0) is 12.2. The summed E-state index contributed by atoms with van der Waals surface area (Å²) < 4.78 is 31.1. The van der Waals surface area contributed by atoms with Gasteiger partial charge in [-0.15, -0.1) is 0 Å². The van der Waals surface area contributed by atoms with Gasteiger partial charge in [0.25, 0.3) is 0 Å². The molecule has 1 saturated heterocycles. The van der Waals surface area contributed by atoms with E-state index >= 15 is 0 Å². The quantitative estimate of drug-likeness (QED) is 0.748. The van der Waals surface area contributed by atoms with Gasteiger partial charge in [0.2, 0.25) is 10.0 Å². The Morgan fingerprint density at radius 2 is 2.25 bits per heavy atom. The van der Waals surface area contributed by atoms with Gasteiger partial charge in [0, 0.05) is 26.7 Å². The van der Waals surface area contributed by atoms with Crippen LogP contribution < -0.4 is 5.32 Å². The van der Waals surface area contributed by atoms with Crippen molar-refractivity contribution in [2.45, 2.75) is 31.1 Å². The van der Waals surface area contributed by atoms with Crippen molar-refractivity contribution in [3.8, 4) is 0 Å². The minimum Gasteiger partial charge on any atom is -0.380 e. The molecule has 1 aliphatic heterocycles. The lowest BCUT2D eigenvalue weighted by Crippen LogP contribution is -2.47. The third-order valence-electron chi connectivity index (χ3n) is 3.03. The lowest BCUT2D eigenvalue weighted by molar-refractivity contribution is 0.0569. The van der Waals surface area contributed by atoms with Gasteiger partial charge in [-0.3, -0.25) is 0 Å². The minimum absolute atomic E-state index is 0.0466. The van der Waals surface area contributed by atoms with Crippen molar-refractivity contribution in [2.24, 2.45) is 0 Å². The van der Waals surface area contributed by atoms with E-state index in [0.29, 0.717) is 19.6 Å². The zero-order valence-corrected chi connectivity index (χ0v) is 11.1. The lowest BCUT2D eigenvalue weighted by Gasteiger charge is -2.32. The fourth-order valence-electron chi connectivity index (χ4n) is 1.98. The summed E-state index contributed by atoms with van der Waals surface area (Å²) in [5, 5.41) is 2.52. The van der Waals surface area contributed by atoms with Gasteiger partial charge >= 0.3 is 0 Å². The highest BCUT2D eigenvalue weighted by atomic mass is 32.2. The second-order valence-corrected chi connectivity index (χ2v) is 6.62. The fourth-order valence-corrected chi connectivity index (χ4v) is 3.62. The molecule has 1 aliphatic rings. The van der Waals surface area contributed by atoms with Crippen molar-refractivity contribution >= 4 is 10.0 Å². The molecule has 16 heavy (non-hydrogen) atoms. The van der Waals surface area contributed by atoms with E-state index in [1.54, 1.807) is 25.4 Å². The highest BCUT2D eigenvalue weighted by Crippen LogP contribution is 2.18. The van der Waals surface area contributed by atoms with Crippen molar-refractivity contribution in [3.05, 3.63) is 0 Å². The molecule has 6 heteroatoms. The number of nitrogens with zero attached hydrogens (tertiary/aromatic N) is 1. The number of hydrogen-bond acceptors (Lipinski definition) is 4. The molecule has 1 rings (SSSR count). The van der Waals surface area contributed by atoms with Crippen LogP contribution in [-0.2, 0) is 14.8 Å². The number of sulfonamides is 1. The van der Waals surface area contributed by atoms with Gasteiger partial charge in [0.1, 0.15) is 0 Å². The van der Waals surface area contributed by atoms with Crippen LogP contribution in [0.2, 0.25) is 0 Å². The molecule has 0 aromatic heterocycles. The molecule has 2 atom stereocenters. The molecule has 0 amide bonds. The largest absolute Gasteiger partial charge is 0.380 e. The summed E-state index contributed by atoms with van der Waals surface area (Å²) in [6.45, 7) is 3.34. The summed E-state index contributed by atoms with van der Waals surface area (Å²) in [5.41, 5.74) is 0. The predicted octanol–water partition coefficient (Wildman–Crippen LogP) is 0.0349. The molecule has 5 nitrogen and oxygen atoms in total. The van der Waals surface area contributed by atoms with Crippen molar-refractivity contribution in [1.29, 1.82) is 0 Å². The average Bonchev–Trinajstić information content (AvgIpc) is 2.29. The standard InChI is InChI=1S/C10H22N2O3S/c1-9(7-11-2)16(13,14)12-6-4-5-10(8-12)15-3/h9-11H,4-8H2,1-3H3. The van der Waals surface area contributed by atoms with Crippen molar-refractivity contribution in [1.82, 2.24) is 9.62 Å². The van der Waals surface area contributed by atoms with Crippen LogP contribution in [0.1, 0.15) is 19.8 Å². The van der Waals surface area contributed by atoms with Crippen LogP contribution in [0.3, 0.4) is 0 Å². The minimum atomic E-state index is -3.18. The molecule has 0 saturated carbocycles. The number of hydrogen-bond donors (Lipinski definition) is 1. The maximum absolute atomic E-state index is 12.2. The van der Waals surface area contributed by atoms with Gasteiger partial charge < -0.3 is 10.1 Å². The van der Waals surface area contributed by atoms with Gasteiger partial charge in [-0.1, -0.05) is 0 Å². The van der Waals surface area contributed by atoms with E-state index in [1.165, 1.54) is 0 Å². The first-order valence-corrected chi connectivity index (χ1v) is 7.19. The molecular weight excluding hydrogens is 228 g/mol. The second-order valence-electron chi connectivity index (χ2n) is 4.27. The molecule has 0 aromatic rings. The Balaban J connectivity index is 2.67. The SMILES string of the molecule is CNCC(C)S(=O)(=O)N1CCCC(OC)C1. The van der Waals surface area contributed by atoms with E-state index < -0.39 is 10.0 Å². The molecular formula is C10H22N2O3S. The first-order chi connectivity index (χ1) is 7.52. The summed E-state index contributed by atoms with van der Waals surface area (Å²) in [6, 6.07) is 0. The van der Waals surface area contributed by atoms with E-state index in [0.717, 1.165) is 12.8 Å². The molecule has 2 unspecified atom stereocenters. The van der Waals surface area contributed by atoms with Crippen LogP contribution in [-0.4, -0.2) is 57.9 Å². The topological polar surface area (TPSA) is 58.6 Å². The van der Waals surface area contributed by atoms with Crippen molar-refractivity contribution in [3.63, 3.8) is 0 Å². The Hall–Kier alpha value is -0.170. The number of rotatable bonds is 5. The highest BCUT2D eigenvalue weighted by Gasteiger charge is 2.32. The van der Waals surface area contributed by atoms with E-state index in [1.807, 2.05) is 0 Å². The summed E-state index contributed by atoms with van der Waals surface area (Å²) >= 11 is 0. The summed E-state index contributed by atoms with van der Waals surface area (Å²) in [4.78, 5) is 0. The van der Waals surface area contributed by atoms with Gasteiger partial charge in [0.05, 0.1) is 11.4 Å². The van der Waals surface area contributed by atoms with Crippen LogP contribution in [0, 0.1) is 0 Å². The van der Waals surface area contributed by atoms with Crippen LogP contribution in [0.4, 0.5) is 0 Å². The fraction of sp³-hybridized carbons (Fsp3) is 1.00. The van der Waals surface area contributed by atoms with E-state index in [9.17, 15) is 8.42 Å². The van der Waals surface area contributed by atoms with Crippen LogP contribution in [0.25, 0.3) is 0 Å². The molecule has 0 bridgehead atoms. The Kier molecular flexibility index (Phi) is 5.17. The number of ether oxygens (including phenoxy) is 1. The second kappa shape index (κ2) is 5.95. The molecule has 0 aromatic carbocycles. The Labute approximate surface area is 98.2 Å². The predicted molar refractivity (Wildman–Crippen MR) is 63.9 cm³/mol. The Morgan fingerprint density at radius 1 is 1.56 bits per heavy atom. The molecule has 0 aliphatic carbocycles. The van der Waals surface area contributed by atoms with Gasteiger partial charge in [-0.25, -0.2) is 8.42 Å². The zero-order valence-electron chi connectivity index (χ0n) is 10.3. The monoisotopic (exact) mass is 250 g/mol. The van der Waals surface area contributed by atoms with Gasteiger partial charge in [0.15, 0.2) is 0 Å². The summed E-state index contributed by atoms with van der Waals surface area (Å²) in [6.07, 6.45) is 1.87. The first kappa shape index (κ1) is 13.9. The van der Waals surface area contributed by atoms with Crippen molar-refractivity contribution in [2.75, 3.05) is 33.8 Å². The number of piperidine rings is 1. The van der Waals surface area contributed by atoms with Crippen LogP contribution in [0.5, 0.6) is 0 Å². The smallest absolute Gasteiger partial charge is 0.218 e. The van der Waals surface area contributed by atoms with Crippen LogP contribution in [0.15, 0.2) is 0 Å². The molecule has 0 spiro atoms. The Morgan fingerprint density at radius 3 is 2.81 bits per heavy atom. The third-order valence-corrected chi connectivity index (χ3v) is 5.27. The van der Waals surface area contributed by atoms with E-state index in [-0.39, 0.29) is 11.4 Å². The first-order valence-electron chi connectivity index (χ1n) is 5.68. The molecule has 96 valence electrons. The summed E-state index contributed by atoms with van der Waals surface area (Å²) in [7, 11) is 0.224.